The highest BCUT2D eigenvalue weighted by molar-refractivity contribution is 6.34. The highest BCUT2D eigenvalue weighted by Crippen LogP contribution is 2.33. The van der Waals surface area contributed by atoms with E-state index in [4.69, 9.17) is 26.1 Å². The van der Waals surface area contributed by atoms with Gasteiger partial charge in [0, 0.05) is 38.1 Å². The lowest BCUT2D eigenvalue weighted by molar-refractivity contribution is 0.174. The minimum absolute atomic E-state index is 0.309. The zero-order valence-electron chi connectivity index (χ0n) is 17.2. The van der Waals surface area contributed by atoms with Gasteiger partial charge in [-0.25, -0.2) is 9.50 Å². The lowest BCUT2D eigenvalue weighted by Gasteiger charge is -2.36. The number of hydrogen-bond acceptors (Lipinski definition) is 6. The van der Waals surface area contributed by atoms with Crippen molar-refractivity contribution in [2.45, 2.75) is 13.5 Å². The van der Waals surface area contributed by atoms with Crippen molar-refractivity contribution < 1.29 is 9.47 Å². The largest absolute Gasteiger partial charge is 0.454 e. The maximum atomic E-state index is 6.51. The Kier molecular flexibility index (Phi) is 4.40. The van der Waals surface area contributed by atoms with E-state index in [0.717, 1.165) is 72.3 Å². The van der Waals surface area contributed by atoms with Gasteiger partial charge in [-0.15, -0.1) is 0 Å². The second-order valence-electron chi connectivity index (χ2n) is 8.04. The molecular formula is C23H22ClN5O2. The monoisotopic (exact) mass is 435 g/mol. The van der Waals surface area contributed by atoms with Gasteiger partial charge in [0.25, 0.3) is 0 Å². The van der Waals surface area contributed by atoms with Crippen LogP contribution >= 0.6 is 11.6 Å². The molecule has 1 saturated heterocycles. The summed E-state index contributed by atoms with van der Waals surface area (Å²) in [6, 6.07) is 14.5. The molecule has 2 aromatic heterocycles. The van der Waals surface area contributed by atoms with E-state index in [9.17, 15) is 0 Å². The Morgan fingerprint density at radius 3 is 2.68 bits per heavy atom. The lowest BCUT2D eigenvalue weighted by atomic mass is 10.1. The van der Waals surface area contributed by atoms with E-state index >= 15 is 0 Å². The molecule has 2 aliphatic heterocycles. The van der Waals surface area contributed by atoms with Gasteiger partial charge in [0.2, 0.25) is 6.79 Å². The van der Waals surface area contributed by atoms with Crippen LogP contribution < -0.4 is 14.4 Å². The summed E-state index contributed by atoms with van der Waals surface area (Å²) in [5.41, 5.74) is 3.78. The molecule has 0 atom stereocenters. The topological polar surface area (TPSA) is 55.1 Å². The van der Waals surface area contributed by atoms with Crippen LogP contribution in [0.3, 0.4) is 0 Å². The lowest BCUT2D eigenvalue weighted by Crippen LogP contribution is -2.46. The SMILES string of the molecule is Cc1nn2c(nc(N3CCN(Cc4ccc5c(c4)OCO5)CC3)c3ccccc32)c1Cl. The fourth-order valence-electron chi connectivity index (χ4n) is 4.42. The summed E-state index contributed by atoms with van der Waals surface area (Å²) >= 11 is 6.51. The van der Waals surface area contributed by atoms with Crippen molar-refractivity contribution in [2.75, 3.05) is 37.9 Å². The Bertz CT molecular complexity index is 1300. The summed E-state index contributed by atoms with van der Waals surface area (Å²) in [6.07, 6.45) is 0. The first-order valence-electron chi connectivity index (χ1n) is 10.5. The molecule has 0 saturated carbocycles. The molecule has 6 rings (SSSR count). The molecular weight excluding hydrogens is 414 g/mol. The average molecular weight is 436 g/mol. The third-order valence-corrected chi connectivity index (χ3v) is 6.51. The molecule has 0 unspecified atom stereocenters. The Morgan fingerprint density at radius 2 is 1.81 bits per heavy atom. The Labute approximate surface area is 184 Å². The number of aromatic nitrogens is 3. The Morgan fingerprint density at radius 1 is 1.00 bits per heavy atom. The van der Waals surface area contributed by atoms with E-state index in [1.54, 1.807) is 0 Å². The number of aryl methyl sites for hydroxylation is 1. The van der Waals surface area contributed by atoms with Gasteiger partial charge >= 0.3 is 0 Å². The van der Waals surface area contributed by atoms with Crippen LogP contribution in [0.2, 0.25) is 5.02 Å². The van der Waals surface area contributed by atoms with Gasteiger partial charge in [0.1, 0.15) is 10.8 Å². The standard InChI is InChI=1S/C23H22ClN5O2/c1-15-21(24)23-25-22(17-4-2-3-5-18(17)29(23)26-15)28-10-8-27(9-11-28)13-16-6-7-19-20(12-16)31-14-30-19/h2-7,12H,8-11,13-14H2,1H3. The molecule has 0 amide bonds. The number of para-hydroxylation sites is 1. The molecule has 1 fully saturated rings. The van der Waals surface area contributed by atoms with Crippen molar-refractivity contribution in [1.82, 2.24) is 19.5 Å². The van der Waals surface area contributed by atoms with Gasteiger partial charge in [0.15, 0.2) is 17.1 Å². The van der Waals surface area contributed by atoms with Crippen LogP contribution in [0.1, 0.15) is 11.3 Å². The number of hydrogen-bond donors (Lipinski definition) is 0. The Balaban J connectivity index is 1.25. The van der Waals surface area contributed by atoms with Crippen molar-refractivity contribution in [1.29, 1.82) is 0 Å². The molecule has 7 nitrogen and oxygen atoms in total. The number of ether oxygens (including phenoxy) is 2. The van der Waals surface area contributed by atoms with Crippen molar-refractivity contribution in [3.63, 3.8) is 0 Å². The van der Waals surface area contributed by atoms with E-state index in [1.165, 1.54) is 5.56 Å². The summed E-state index contributed by atoms with van der Waals surface area (Å²) in [4.78, 5) is 9.76. The predicted molar refractivity (Wildman–Crippen MR) is 120 cm³/mol. The van der Waals surface area contributed by atoms with Crippen LogP contribution in [0.15, 0.2) is 42.5 Å². The normalized spacial score (nSPS) is 16.5. The summed E-state index contributed by atoms with van der Waals surface area (Å²) in [5.74, 6) is 2.65. The number of rotatable bonds is 3. The summed E-state index contributed by atoms with van der Waals surface area (Å²) in [5, 5.41) is 6.30. The van der Waals surface area contributed by atoms with Crippen LogP contribution in [-0.4, -0.2) is 52.5 Å². The molecule has 2 aliphatic rings. The van der Waals surface area contributed by atoms with Crippen LogP contribution in [-0.2, 0) is 6.54 Å². The van der Waals surface area contributed by atoms with Gasteiger partial charge in [-0.1, -0.05) is 29.8 Å². The summed E-state index contributed by atoms with van der Waals surface area (Å²) in [6.45, 7) is 6.85. The second-order valence-corrected chi connectivity index (χ2v) is 8.42. The number of piperazine rings is 1. The van der Waals surface area contributed by atoms with Crippen LogP contribution in [0.4, 0.5) is 5.82 Å². The van der Waals surface area contributed by atoms with Crippen molar-refractivity contribution >= 4 is 34.0 Å². The van der Waals surface area contributed by atoms with E-state index < -0.39 is 0 Å². The zero-order chi connectivity index (χ0) is 20.9. The fraction of sp³-hybridized carbons (Fsp3) is 0.304. The van der Waals surface area contributed by atoms with Gasteiger partial charge in [-0.3, -0.25) is 4.90 Å². The van der Waals surface area contributed by atoms with Crippen LogP contribution in [0, 0.1) is 6.92 Å². The Hall–Kier alpha value is -3.03. The highest BCUT2D eigenvalue weighted by atomic mass is 35.5. The maximum Gasteiger partial charge on any atom is 0.231 e. The van der Waals surface area contributed by atoms with E-state index in [-0.39, 0.29) is 0 Å². The predicted octanol–water partition coefficient (Wildman–Crippen LogP) is 3.90. The maximum absolute atomic E-state index is 6.51. The van der Waals surface area contributed by atoms with Gasteiger partial charge < -0.3 is 14.4 Å². The van der Waals surface area contributed by atoms with Crippen molar-refractivity contribution in [3.05, 3.63) is 58.7 Å². The molecule has 31 heavy (non-hydrogen) atoms. The molecule has 2 aromatic carbocycles. The number of benzene rings is 2. The molecule has 8 heteroatoms. The highest BCUT2D eigenvalue weighted by Gasteiger charge is 2.23. The quantitative estimate of drug-likeness (QED) is 0.486. The van der Waals surface area contributed by atoms with Crippen molar-refractivity contribution in [3.8, 4) is 11.5 Å². The molecule has 0 radical (unpaired) electrons. The van der Waals surface area contributed by atoms with Gasteiger partial charge in [-0.05, 0) is 36.8 Å². The first-order valence-corrected chi connectivity index (χ1v) is 10.8. The van der Waals surface area contributed by atoms with Gasteiger partial charge in [0.05, 0.1) is 11.2 Å². The minimum atomic E-state index is 0.309. The third-order valence-electron chi connectivity index (χ3n) is 6.06. The number of halogens is 1. The van der Waals surface area contributed by atoms with E-state index in [2.05, 4.69) is 39.2 Å². The first kappa shape index (κ1) is 18.7. The number of nitrogens with zero attached hydrogens (tertiary/aromatic N) is 5. The third kappa shape index (κ3) is 3.16. The fourth-order valence-corrected chi connectivity index (χ4v) is 4.58. The number of fused-ring (bicyclic) bond motifs is 4. The molecule has 0 spiro atoms. The smallest absolute Gasteiger partial charge is 0.231 e. The minimum Gasteiger partial charge on any atom is -0.454 e. The van der Waals surface area contributed by atoms with Gasteiger partial charge in [-0.2, -0.15) is 5.10 Å². The van der Waals surface area contributed by atoms with Crippen molar-refractivity contribution in [2.24, 2.45) is 0 Å². The van der Waals surface area contributed by atoms with E-state index in [1.807, 2.05) is 29.6 Å². The first-order chi connectivity index (χ1) is 15.2. The molecule has 0 aliphatic carbocycles. The van der Waals surface area contributed by atoms with Crippen LogP contribution in [0.25, 0.3) is 16.6 Å². The van der Waals surface area contributed by atoms with E-state index in [0.29, 0.717) is 11.8 Å². The second kappa shape index (κ2) is 7.28. The average Bonchev–Trinajstić information content (AvgIpc) is 3.38. The van der Waals surface area contributed by atoms with Crippen LogP contribution in [0.5, 0.6) is 11.5 Å². The molecule has 158 valence electrons. The molecule has 4 heterocycles. The molecule has 4 aromatic rings. The zero-order valence-corrected chi connectivity index (χ0v) is 18.0. The molecule has 0 N–H and O–H groups in total. The summed E-state index contributed by atoms with van der Waals surface area (Å²) < 4.78 is 12.8. The number of anilines is 1. The summed E-state index contributed by atoms with van der Waals surface area (Å²) in [7, 11) is 0. The molecule has 0 bridgehead atoms.